The van der Waals surface area contributed by atoms with Gasteiger partial charge in [0.1, 0.15) is 5.75 Å². The number of carbonyl (C=O) groups excluding carboxylic acids is 1. The minimum absolute atomic E-state index is 0.0432. The Morgan fingerprint density at radius 1 is 1.22 bits per heavy atom. The molecule has 1 amide bonds. The van der Waals surface area contributed by atoms with Crippen LogP contribution < -0.4 is 10.1 Å². The van der Waals surface area contributed by atoms with Gasteiger partial charge in [-0.05, 0) is 53.5 Å². The lowest BCUT2D eigenvalue weighted by atomic mass is 9.96. The second-order valence-corrected chi connectivity index (χ2v) is 8.31. The van der Waals surface area contributed by atoms with Crippen LogP contribution in [0.25, 0.3) is 0 Å². The standard InChI is InChI=1S/C19H27N5O2S/c1-13(2)17(18(25)20-14-9-11-16(26-3)12-10-14)27-19-21-22-23-24(19)15-7-5-4-6-8-15/h9-13,15,17H,4-8H2,1-3H3,(H,20,25). The summed E-state index contributed by atoms with van der Waals surface area (Å²) in [5, 5.41) is 15.7. The van der Waals surface area contributed by atoms with Gasteiger partial charge in [0, 0.05) is 5.69 Å². The van der Waals surface area contributed by atoms with Crippen molar-refractivity contribution in [2.45, 2.75) is 62.4 Å². The largest absolute Gasteiger partial charge is 0.497 e. The highest BCUT2D eigenvalue weighted by molar-refractivity contribution is 8.00. The summed E-state index contributed by atoms with van der Waals surface area (Å²) >= 11 is 1.45. The summed E-state index contributed by atoms with van der Waals surface area (Å²) in [5.74, 6) is 0.859. The van der Waals surface area contributed by atoms with Crippen molar-refractivity contribution in [1.29, 1.82) is 0 Å². The lowest BCUT2D eigenvalue weighted by Crippen LogP contribution is -2.30. The van der Waals surface area contributed by atoms with Crippen LogP contribution in [-0.4, -0.2) is 38.5 Å². The van der Waals surface area contributed by atoms with E-state index in [4.69, 9.17) is 4.74 Å². The normalized spacial score (nSPS) is 16.3. The molecule has 1 N–H and O–H groups in total. The Morgan fingerprint density at radius 3 is 2.56 bits per heavy atom. The molecule has 1 aliphatic rings. The Bertz CT molecular complexity index is 741. The van der Waals surface area contributed by atoms with E-state index in [1.54, 1.807) is 7.11 Å². The van der Waals surface area contributed by atoms with Gasteiger partial charge in [0.05, 0.1) is 18.4 Å². The van der Waals surface area contributed by atoms with Gasteiger partial charge in [0.15, 0.2) is 0 Å². The van der Waals surface area contributed by atoms with Gasteiger partial charge in [-0.1, -0.05) is 44.9 Å². The molecule has 1 heterocycles. The number of thioether (sulfide) groups is 1. The number of tetrazole rings is 1. The van der Waals surface area contributed by atoms with Gasteiger partial charge in [-0.3, -0.25) is 4.79 Å². The third-order valence-electron chi connectivity index (χ3n) is 4.84. The number of ether oxygens (including phenoxy) is 1. The monoisotopic (exact) mass is 389 g/mol. The number of carbonyl (C=O) groups is 1. The molecule has 1 aliphatic carbocycles. The molecule has 27 heavy (non-hydrogen) atoms. The molecule has 1 atom stereocenters. The highest BCUT2D eigenvalue weighted by atomic mass is 32.2. The first-order valence-corrected chi connectivity index (χ1v) is 10.4. The third kappa shape index (κ3) is 5.00. The fraction of sp³-hybridized carbons (Fsp3) is 0.579. The summed E-state index contributed by atoms with van der Waals surface area (Å²) < 4.78 is 7.08. The van der Waals surface area contributed by atoms with Crippen LogP contribution in [0.2, 0.25) is 0 Å². The average molecular weight is 390 g/mol. The van der Waals surface area contributed by atoms with Crippen LogP contribution in [0.5, 0.6) is 5.75 Å². The van der Waals surface area contributed by atoms with E-state index in [1.807, 2.05) is 42.8 Å². The molecule has 0 spiro atoms. The van der Waals surface area contributed by atoms with E-state index < -0.39 is 0 Å². The van der Waals surface area contributed by atoms with Crippen molar-refractivity contribution in [2.24, 2.45) is 5.92 Å². The first-order valence-electron chi connectivity index (χ1n) is 9.48. The molecule has 1 saturated carbocycles. The molecule has 7 nitrogen and oxygen atoms in total. The number of benzene rings is 1. The van der Waals surface area contributed by atoms with Gasteiger partial charge in [-0.2, -0.15) is 0 Å². The van der Waals surface area contributed by atoms with E-state index in [-0.39, 0.29) is 17.1 Å². The quantitative estimate of drug-likeness (QED) is 0.722. The zero-order valence-electron chi connectivity index (χ0n) is 16.1. The number of anilines is 1. The average Bonchev–Trinajstić information content (AvgIpc) is 3.15. The summed E-state index contributed by atoms with van der Waals surface area (Å²) in [6, 6.07) is 7.68. The van der Waals surface area contributed by atoms with Gasteiger partial charge in [-0.15, -0.1) is 5.10 Å². The molecule has 1 aromatic heterocycles. The third-order valence-corrected chi connectivity index (χ3v) is 6.33. The van der Waals surface area contributed by atoms with Crippen molar-refractivity contribution < 1.29 is 9.53 Å². The topological polar surface area (TPSA) is 81.9 Å². The Balaban J connectivity index is 1.70. The van der Waals surface area contributed by atoms with Crippen LogP contribution >= 0.6 is 11.8 Å². The molecule has 1 unspecified atom stereocenters. The second kappa shape index (κ2) is 9.21. The number of hydrogen-bond acceptors (Lipinski definition) is 6. The minimum atomic E-state index is -0.277. The first-order chi connectivity index (χ1) is 13.1. The molecule has 0 bridgehead atoms. The van der Waals surface area contributed by atoms with Crippen LogP contribution in [0.1, 0.15) is 52.0 Å². The highest BCUT2D eigenvalue weighted by Crippen LogP contribution is 2.33. The molecule has 1 aromatic carbocycles. The van der Waals surface area contributed by atoms with Crippen LogP contribution in [0.3, 0.4) is 0 Å². The van der Waals surface area contributed by atoms with Crippen LogP contribution in [0.15, 0.2) is 29.4 Å². The number of aromatic nitrogens is 4. The minimum Gasteiger partial charge on any atom is -0.497 e. The van der Waals surface area contributed by atoms with Crippen molar-refractivity contribution in [3.05, 3.63) is 24.3 Å². The predicted molar refractivity (Wildman–Crippen MR) is 106 cm³/mol. The number of rotatable bonds is 7. The lowest BCUT2D eigenvalue weighted by Gasteiger charge is -2.24. The van der Waals surface area contributed by atoms with Crippen molar-refractivity contribution >= 4 is 23.4 Å². The predicted octanol–water partition coefficient (Wildman–Crippen LogP) is 3.94. The second-order valence-electron chi connectivity index (χ2n) is 7.20. The molecule has 0 saturated heterocycles. The first kappa shape index (κ1) is 19.7. The van der Waals surface area contributed by atoms with Crippen LogP contribution in [-0.2, 0) is 4.79 Å². The summed E-state index contributed by atoms with van der Waals surface area (Å²) in [6.45, 7) is 4.08. The molecular weight excluding hydrogens is 362 g/mol. The SMILES string of the molecule is COc1ccc(NC(=O)C(Sc2nnnn2C2CCCCC2)C(C)C)cc1. The van der Waals surface area contributed by atoms with Gasteiger partial charge < -0.3 is 10.1 Å². The van der Waals surface area contributed by atoms with E-state index in [2.05, 4.69) is 20.8 Å². The Labute approximate surface area is 164 Å². The van der Waals surface area contributed by atoms with E-state index in [1.165, 1.54) is 31.0 Å². The van der Waals surface area contributed by atoms with E-state index in [9.17, 15) is 4.79 Å². The molecule has 0 aliphatic heterocycles. The number of nitrogens with zero attached hydrogens (tertiary/aromatic N) is 4. The number of nitrogens with one attached hydrogen (secondary N) is 1. The summed E-state index contributed by atoms with van der Waals surface area (Å²) in [5.41, 5.74) is 0.749. The fourth-order valence-corrected chi connectivity index (χ4v) is 4.35. The summed E-state index contributed by atoms with van der Waals surface area (Å²) in [7, 11) is 1.62. The zero-order valence-corrected chi connectivity index (χ0v) is 16.9. The molecule has 1 fully saturated rings. The van der Waals surface area contributed by atoms with Crippen LogP contribution in [0, 0.1) is 5.92 Å². The smallest absolute Gasteiger partial charge is 0.238 e. The van der Waals surface area contributed by atoms with Crippen molar-refractivity contribution in [2.75, 3.05) is 12.4 Å². The Hall–Kier alpha value is -2.09. The molecule has 2 aromatic rings. The zero-order chi connectivity index (χ0) is 19.2. The summed E-state index contributed by atoms with van der Waals surface area (Å²) in [4.78, 5) is 12.9. The van der Waals surface area contributed by atoms with E-state index >= 15 is 0 Å². The van der Waals surface area contributed by atoms with Crippen molar-refractivity contribution in [3.8, 4) is 5.75 Å². The van der Waals surface area contributed by atoms with Gasteiger partial charge >= 0.3 is 0 Å². The van der Waals surface area contributed by atoms with Crippen LogP contribution in [0.4, 0.5) is 5.69 Å². The van der Waals surface area contributed by atoms with Crippen molar-refractivity contribution in [3.63, 3.8) is 0 Å². The number of hydrogen-bond donors (Lipinski definition) is 1. The molecule has 0 radical (unpaired) electrons. The number of amides is 1. The summed E-state index contributed by atoms with van der Waals surface area (Å²) in [6.07, 6.45) is 5.90. The molecule has 8 heteroatoms. The van der Waals surface area contributed by atoms with E-state index in [0.29, 0.717) is 6.04 Å². The van der Waals surface area contributed by atoms with Gasteiger partial charge in [-0.25, -0.2) is 4.68 Å². The number of methoxy groups -OCH3 is 1. The Morgan fingerprint density at radius 2 is 1.93 bits per heavy atom. The highest BCUT2D eigenvalue weighted by Gasteiger charge is 2.28. The Kier molecular flexibility index (Phi) is 6.71. The molecule has 3 rings (SSSR count). The van der Waals surface area contributed by atoms with Gasteiger partial charge in [0.2, 0.25) is 11.1 Å². The van der Waals surface area contributed by atoms with Crippen molar-refractivity contribution in [1.82, 2.24) is 20.2 Å². The maximum absolute atomic E-state index is 12.9. The lowest BCUT2D eigenvalue weighted by molar-refractivity contribution is -0.116. The van der Waals surface area contributed by atoms with E-state index in [0.717, 1.165) is 29.4 Å². The molecule has 146 valence electrons. The maximum Gasteiger partial charge on any atom is 0.238 e. The molecular formula is C19H27N5O2S. The fourth-order valence-electron chi connectivity index (χ4n) is 3.31. The maximum atomic E-state index is 12.9. The van der Waals surface area contributed by atoms with Gasteiger partial charge in [0.25, 0.3) is 0 Å².